The van der Waals surface area contributed by atoms with Crippen molar-refractivity contribution in [3.05, 3.63) is 27.5 Å². The van der Waals surface area contributed by atoms with Crippen molar-refractivity contribution in [2.75, 3.05) is 7.11 Å². The molecule has 0 aliphatic rings. The lowest BCUT2D eigenvalue weighted by Crippen LogP contribution is -2.08. The van der Waals surface area contributed by atoms with Gasteiger partial charge in [0.1, 0.15) is 22.0 Å². The third kappa shape index (κ3) is 2.24. The van der Waals surface area contributed by atoms with Crippen molar-refractivity contribution >= 4 is 16.0 Å². The van der Waals surface area contributed by atoms with Crippen molar-refractivity contribution in [1.82, 2.24) is 0 Å². The zero-order valence-electron chi connectivity index (χ0n) is 9.29. The molecule has 0 amide bonds. The Morgan fingerprint density at radius 2 is 2.00 bits per heavy atom. The first-order valence-corrected chi connectivity index (χ1v) is 5.78. The van der Waals surface area contributed by atoms with Crippen LogP contribution >= 0.6 is 0 Å². The monoisotopic (exact) mass is 259 g/mol. The van der Waals surface area contributed by atoms with E-state index in [1.807, 2.05) is 0 Å². The van der Waals surface area contributed by atoms with E-state index in [2.05, 4.69) is 14.2 Å². The maximum atomic E-state index is 11.6. The number of aryl methyl sites for hydroxylation is 2. The van der Waals surface area contributed by atoms with Crippen LogP contribution in [0.3, 0.4) is 0 Å². The quantitative estimate of drug-likeness (QED) is 0.353. The van der Waals surface area contributed by atoms with Crippen molar-refractivity contribution in [3.63, 3.8) is 0 Å². The maximum Gasteiger partial charge on any atom is 0.342 e. The van der Waals surface area contributed by atoms with Gasteiger partial charge in [-0.25, -0.2) is 13.2 Å². The average molecular weight is 259 g/mol. The molecule has 1 heterocycles. The van der Waals surface area contributed by atoms with E-state index in [4.69, 9.17) is 9.95 Å². The van der Waals surface area contributed by atoms with Crippen molar-refractivity contribution in [2.45, 2.75) is 18.7 Å². The molecule has 0 aliphatic carbocycles. The molecule has 1 aromatic heterocycles. The van der Waals surface area contributed by atoms with Crippen molar-refractivity contribution in [2.24, 2.45) is 4.52 Å². The minimum Gasteiger partial charge on any atom is -0.465 e. The van der Waals surface area contributed by atoms with Gasteiger partial charge in [-0.3, -0.25) is 0 Å². The van der Waals surface area contributed by atoms with E-state index in [1.54, 1.807) is 0 Å². The predicted octanol–water partition coefficient (Wildman–Crippen LogP) is 1.68. The highest BCUT2D eigenvalue weighted by atomic mass is 32.2. The van der Waals surface area contributed by atoms with Gasteiger partial charge in [-0.15, -0.1) is 0 Å². The molecule has 0 unspecified atom stereocenters. The number of sulfonamides is 1. The molecule has 0 aromatic carbocycles. The molecular weight excluding hydrogens is 250 g/mol. The van der Waals surface area contributed by atoms with Gasteiger partial charge in [-0.1, -0.05) is 0 Å². The standard InChI is InChI=1S/C8H9N3O5S/c1-4-6(8(12)15-3)7(5(2)16-4)17(13,14)11-10-9/h1-3H3. The summed E-state index contributed by atoms with van der Waals surface area (Å²) in [4.78, 5) is 13.2. The topological polar surface area (TPSA) is 122 Å². The Bertz CT molecular complexity index is 609. The molecule has 17 heavy (non-hydrogen) atoms. The number of furan rings is 1. The van der Waals surface area contributed by atoms with Crippen LogP contribution in [0, 0.1) is 13.8 Å². The Morgan fingerprint density at radius 3 is 2.47 bits per heavy atom. The predicted molar refractivity (Wildman–Crippen MR) is 55.9 cm³/mol. The van der Waals surface area contributed by atoms with Gasteiger partial charge >= 0.3 is 5.97 Å². The summed E-state index contributed by atoms with van der Waals surface area (Å²) >= 11 is 0. The number of carbonyl (C=O) groups excluding carboxylic acids is 1. The maximum absolute atomic E-state index is 11.6. The first-order valence-electron chi connectivity index (χ1n) is 4.34. The fraction of sp³-hybridized carbons (Fsp3) is 0.375. The zero-order chi connectivity index (χ0) is 13.2. The van der Waals surface area contributed by atoms with Crippen molar-refractivity contribution in [1.29, 1.82) is 0 Å². The Morgan fingerprint density at radius 1 is 1.41 bits per heavy atom. The molecular formula is C8H9N3O5S. The molecule has 8 nitrogen and oxygen atoms in total. The van der Waals surface area contributed by atoms with Gasteiger partial charge in [0, 0.05) is 9.43 Å². The molecule has 0 atom stereocenters. The summed E-state index contributed by atoms with van der Waals surface area (Å²) in [5, 5.41) is 0. The number of carbonyl (C=O) groups is 1. The summed E-state index contributed by atoms with van der Waals surface area (Å²) in [6.45, 7) is 2.76. The second kappa shape index (κ2) is 4.48. The van der Waals surface area contributed by atoms with Gasteiger partial charge in [0.25, 0.3) is 10.0 Å². The van der Waals surface area contributed by atoms with Crippen LogP contribution in [0.5, 0.6) is 0 Å². The highest BCUT2D eigenvalue weighted by molar-refractivity contribution is 7.90. The van der Waals surface area contributed by atoms with Crippen LogP contribution in [0.15, 0.2) is 13.8 Å². The average Bonchev–Trinajstić information content (AvgIpc) is 2.53. The van der Waals surface area contributed by atoms with Gasteiger partial charge in [0.15, 0.2) is 0 Å². The number of esters is 1. The largest absolute Gasteiger partial charge is 0.465 e. The highest BCUT2D eigenvalue weighted by Crippen LogP contribution is 2.28. The van der Waals surface area contributed by atoms with Crippen LogP contribution in [0.1, 0.15) is 21.9 Å². The number of nitrogens with zero attached hydrogens (tertiary/aromatic N) is 3. The summed E-state index contributed by atoms with van der Waals surface area (Å²) < 4.78 is 35.4. The van der Waals surface area contributed by atoms with E-state index in [0.29, 0.717) is 0 Å². The van der Waals surface area contributed by atoms with Gasteiger partial charge < -0.3 is 9.15 Å². The third-order valence-corrected chi connectivity index (χ3v) is 3.29. The highest BCUT2D eigenvalue weighted by Gasteiger charge is 2.30. The van der Waals surface area contributed by atoms with Crippen molar-refractivity contribution < 1.29 is 22.4 Å². The Hall–Kier alpha value is -1.99. The summed E-state index contributed by atoms with van der Waals surface area (Å²) in [6.07, 6.45) is 0. The molecule has 0 fully saturated rings. The SMILES string of the molecule is COC(=O)c1c(C)oc(C)c1S(=O)(=O)N=[N+]=[N-]. The fourth-order valence-corrected chi connectivity index (χ4v) is 2.47. The lowest BCUT2D eigenvalue weighted by atomic mass is 10.2. The second-order valence-electron chi connectivity index (χ2n) is 3.06. The number of hydrogen-bond donors (Lipinski definition) is 0. The Labute approximate surface area is 96.9 Å². The number of rotatable bonds is 3. The summed E-state index contributed by atoms with van der Waals surface area (Å²) in [6, 6.07) is 0. The van der Waals surface area contributed by atoms with Gasteiger partial charge in [0.05, 0.1) is 7.11 Å². The summed E-state index contributed by atoms with van der Waals surface area (Å²) in [5.41, 5.74) is 7.93. The molecule has 0 aliphatic heterocycles. The molecule has 0 saturated carbocycles. The van der Waals surface area contributed by atoms with Crippen molar-refractivity contribution in [3.8, 4) is 0 Å². The van der Waals surface area contributed by atoms with E-state index in [-0.39, 0.29) is 17.1 Å². The van der Waals surface area contributed by atoms with Crippen LogP contribution < -0.4 is 0 Å². The van der Waals surface area contributed by atoms with Gasteiger partial charge in [-0.2, -0.15) is 0 Å². The third-order valence-electron chi connectivity index (χ3n) is 2.00. The van der Waals surface area contributed by atoms with E-state index >= 15 is 0 Å². The second-order valence-corrected chi connectivity index (χ2v) is 4.58. The van der Waals surface area contributed by atoms with Crippen LogP contribution in [-0.2, 0) is 14.8 Å². The zero-order valence-corrected chi connectivity index (χ0v) is 10.1. The Balaban J connectivity index is 3.65. The van der Waals surface area contributed by atoms with Crippen LogP contribution in [0.25, 0.3) is 10.4 Å². The number of ether oxygens (including phenoxy) is 1. The molecule has 0 bridgehead atoms. The van der Waals surface area contributed by atoms with E-state index < -0.39 is 20.9 Å². The van der Waals surface area contributed by atoms with Gasteiger partial charge in [0.2, 0.25) is 0 Å². The molecule has 1 rings (SSSR count). The Kier molecular flexibility index (Phi) is 3.45. The molecule has 0 spiro atoms. The molecule has 0 saturated heterocycles. The lowest BCUT2D eigenvalue weighted by Gasteiger charge is -2.00. The summed E-state index contributed by atoms with van der Waals surface area (Å²) in [7, 11) is -3.19. The van der Waals surface area contributed by atoms with Crippen LogP contribution in [-0.4, -0.2) is 21.5 Å². The first kappa shape index (κ1) is 13.1. The molecule has 0 N–H and O–H groups in total. The molecule has 0 radical (unpaired) electrons. The summed E-state index contributed by atoms with van der Waals surface area (Å²) in [5.74, 6) is -0.817. The molecule has 92 valence electrons. The number of azide groups is 1. The lowest BCUT2D eigenvalue weighted by molar-refractivity contribution is 0.0595. The van der Waals surface area contributed by atoms with Crippen LogP contribution in [0.2, 0.25) is 0 Å². The smallest absolute Gasteiger partial charge is 0.342 e. The molecule has 1 aromatic rings. The van der Waals surface area contributed by atoms with E-state index in [0.717, 1.165) is 7.11 Å². The van der Waals surface area contributed by atoms with Gasteiger partial charge in [-0.05, 0) is 19.4 Å². The number of methoxy groups -OCH3 is 1. The fourth-order valence-electron chi connectivity index (χ4n) is 1.40. The normalized spacial score (nSPS) is 10.8. The molecule has 9 heteroatoms. The van der Waals surface area contributed by atoms with Crippen LogP contribution in [0.4, 0.5) is 0 Å². The first-order chi connectivity index (χ1) is 7.85. The minimum absolute atomic E-state index is 0.0321. The van der Waals surface area contributed by atoms with E-state index in [9.17, 15) is 13.2 Å². The number of hydrogen-bond acceptors (Lipinski definition) is 5. The minimum atomic E-state index is -4.29. The van der Waals surface area contributed by atoms with E-state index in [1.165, 1.54) is 13.8 Å².